The molecule has 2 heterocycles. The van der Waals surface area contributed by atoms with Crippen molar-refractivity contribution in [2.24, 2.45) is 5.92 Å². The fourth-order valence-electron chi connectivity index (χ4n) is 3.83. The second kappa shape index (κ2) is 9.80. The Morgan fingerprint density at radius 1 is 1.22 bits per heavy atom. The van der Waals surface area contributed by atoms with Gasteiger partial charge in [0.25, 0.3) is 0 Å². The molecular weight excluding hydrogens is 346 g/mol. The fraction of sp³-hybridized carbons (Fsp3) is 0.650. The van der Waals surface area contributed by atoms with E-state index < -0.39 is 0 Å². The highest BCUT2D eigenvalue weighted by Gasteiger charge is 2.25. The molecule has 1 aromatic rings. The van der Waals surface area contributed by atoms with Crippen molar-refractivity contribution in [1.29, 1.82) is 0 Å². The summed E-state index contributed by atoms with van der Waals surface area (Å²) in [5.41, 5.74) is 0.938. The van der Waals surface area contributed by atoms with E-state index in [-0.39, 0.29) is 6.03 Å². The minimum atomic E-state index is -0.000418. The van der Waals surface area contributed by atoms with Gasteiger partial charge in [0.2, 0.25) is 0 Å². The lowest BCUT2D eigenvalue weighted by Crippen LogP contribution is -2.48. The van der Waals surface area contributed by atoms with Crippen molar-refractivity contribution in [2.45, 2.75) is 19.4 Å². The van der Waals surface area contributed by atoms with Gasteiger partial charge in [0, 0.05) is 50.9 Å². The Morgan fingerprint density at radius 2 is 2.04 bits per heavy atom. The van der Waals surface area contributed by atoms with E-state index in [4.69, 9.17) is 14.2 Å². The Balaban J connectivity index is 1.50. The van der Waals surface area contributed by atoms with E-state index in [0.29, 0.717) is 12.5 Å². The van der Waals surface area contributed by atoms with Crippen molar-refractivity contribution in [1.82, 2.24) is 15.1 Å². The number of nitrogens with one attached hydrogen (secondary N) is 1. The molecule has 1 aromatic carbocycles. The van der Waals surface area contributed by atoms with Gasteiger partial charge in [-0.05, 0) is 30.9 Å². The van der Waals surface area contributed by atoms with Crippen molar-refractivity contribution < 1.29 is 19.0 Å². The second-order valence-electron chi connectivity index (χ2n) is 7.20. The maximum Gasteiger partial charge on any atom is 0.317 e. The maximum atomic E-state index is 12.6. The van der Waals surface area contributed by atoms with Gasteiger partial charge >= 0.3 is 6.03 Å². The normalized spacial score (nSPS) is 21.0. The molecule has 0 bridgehead atoms. The van der Waals surface area contributed by atoms with Gasteiger partial charge in [-0.1, -0.05) is 0 Å². The highest BCUT2D eigenvalue weighted by atomic mass is 16.5. The first-order valence-electron chi connectivity index (χ1n) is 9.73. The third-order valence-corrected chi connectivity index (χ3v) is 5.35. The molecule has 0 aliphatic carbocycles. The molecule has 2 fully saturated rings. The number of hydrogen-bond acceptors (Lipinski definition) is 5. The largest absolute Gasteiger partial charge is 0.497 e. The quantitative estimate of drug-likeness (QED) is 0.821. The molecule has 27 heavy (non-hydrogen) atoms. The number of urea groups is 1. The van der Waals surface area contributed by atoms with Crippen molar-refractivity contribution >= 4 is 6.03 Å². The SMILES string of the molecule is COc1ccc(CNC(=O)N2CCC[C@@H](CN3CCOCC3)C2)c(OC)c1. The average Bonchev–Trinajstić information content (AvgIpc) is 2.72. The van der Waals surface area contributed by atoms with Crippen LogP contribution in [0.15, 0.2) is 18.2 Å². The molecule has 1 N–H and O–H groups in total. The van der Waals surface area contributed by atoms with Crippen molar-refractivity contribution in [3.05, 3.63) is 23.8 Å². The Labute approximate surface area is 161 Å². The topological polar surface area (TPSA) is 63.3 Å². The standard InChI is InChI=1S/C20H31N3O4/c1-25-18-6-5-17(19(12-18)26-2)13-21-20(24)23-7-3-4-16(15-23)14-22-8-10-27-11-9-22/h5-6,12,16H,3-4,7-11,13-15H2,1-2H3,(H,21,24)/t16-/m0/s1. The number of hydrogen-bond donors (Lipinski definition) is 1. The van der Waals surface area contributed by atoms with Gasteiger partial charge in [0.1, 0.15) is 11.5 Å². The summed E-state index contributed by atoms with van der Waals surface area (Å²) < 4.78 is 16.0. The minimum Gasteiger partial charge on any atom is -0.497 e. The highest BCUT2D eigenvalue weighted by Crippen LogP contribution is 2.24. The Bertz CT molecular complexity index is 619. The molecule has 0 spiro atoms. The van der Waals surface area contributed by atoms with Crippen molar-refractivity contribution in [3.8, 4) is 11.5 Å². The van der Waals surface area contributed by atoms with Crippen LogP contribution in [-0.2, 0) is 11.3 Å². The van der Waals surface area contributed by atoms with Gasteiger partial charge in [-0.3, -0.25) is 4.90 Å². The zero-order valence-electron chi connectivity index (χ0n) is 16.4. The molecule has 1 atom stereocenters. The Hall–Kier alpha value is -1.99. The van der Waals surface area contributed by atoms with Crippen LogP contribution in [0.5, 0.6) is 11.5 Å². The van der Waals surface area contributed by atoms with Gasteiger partial charge in [-0.25, -0.2) is 4.79 Å². The molecule has 0 unspecified atom stereocenters. The molecule has 3 rings (SSSR count). The van der Waals surface area contributed by atoms with Crippen LogP contribution in [0.3, 0.4) is 0 Å². The molecule has 150 valence electrons. The van der Waals surface area contributed by atoms with Gasteiger partial charge in [0.05, 0.1) is 27.4 Å². The zero-order valence-corrected chi connectivity index (χ0v) is 16.4. The third-order valence-electron chi connectivity index (χ3n) is 5.35. The number of likely N-dealkylation sites (tertiary alicyclic amines) is 1. The number of benzene rings is 1. The van der Waals surface area contributed by atoms with Gasteiger partial charge in [-0.15, -0.1) is 0 Å². The van der Waals surface area contributed by atoms with Gasteiger partial charge in [-0.2, -0.15) is 0 Å². The minimum absolute atomic E-state index is 0.000418. The molecule has 2 amide bonds. The fourth-order valence-corrected chi connectivity index (χ4v) is 3.83. The highest BCUT2D eigenvalue weighted by molar-refractivity contribution is 5.74. The number of carbonyl (C=O) groups excluding carboxylic acids is 1. The van der Waals surface area contributed by atoms with Crippen LogP contribution in [0.2, 0.25) is 0 Å². The lowest BCUT2D eigenvalue weighted by molar-refractivity contribution is 0.0249. The summed E-state index contributed by atoms with van der Waals surface area (Å²) in [7, 11) is 3.25. The monoisotopic (exact) mass is 377 g/mol. The number of piperidine rings is 1. The van der Waals surface area contributed by atoms with Crippen LogP contribution in [-0.4, -0.2) is 76.0 Å². The lowest BCUT2D eigenvalue weighted by atomic mass is 9.97. The number of carbonyl (C=O) groups is 1. The molecule has 2 saturated heterocycles. The van der Waals surface area contributed by atoms with Crippen LogP contribution in [0.1, 0.15) is 18.4 Å². The summed E-state index contributed by atoms with van der Waals surface area (Å²) in [5, 5.41) is 3.04. The number of nitrogens with zero attached hydrogens (tertiary/aromatic N) is 2. The van der Waals surface area contributed by atoms with E-state index in [0.717, 1.165) is 69.4 Å². The van der Waals surface area contributed by atoms with E-state index >= 15 is 0 Å². The van der Waals surface area contributed by atoms with Gasteiger partial charge < -0.3 is 24.4 Å². The number of methoxy groups -OCH3 is 2. The molecule has 2 aliphatic heterocycles. The van der Waals surface area contributed by atoms with E-state index in [1.54, 1.807) is 14.2 Å². The zero-order chi connectivity index (χ0) is 19.1. The average molecular weight is 377 g/mol. The molecule has 0 radical (unpaired) electrons. The molecular formula is C20H31N3O4. The maximum absolute atomic E-state index is 12.6. The summed E-state index contributed by atoms with van der Waals surface area (Å²) >= 11 is 0. The second-order valence-corrected chi connectivity index (χ2v) is 7.20. The van der Waals surface area contributed by atoms with Crippen molar-refractivity contribution in [3.63, 3.8) is 0 Å². The predicted octanol–water partition coefficient (Wildman–Crippen LogP) is 1.96. The third kappa shape index (κ3) is 5.49. The summed E-state index contributed by atoms with van der Waals surface area (Å²) in [6, 6.07) is 5.64. The lowest BCUT2D eigenvalue weighted by Gasteiger charge is -2.36. The van der Waals surface area contributed by atoms with Crippen LogP contribution in [0, 0.1) is 5.92 Å². The summed E-state index contributed by atoms with van der Waals surface area (Å²) in [5.74, 6) is 2.00. The summed E-state index contributed by atoms with van der Waals surface area (Å²) in [6.45, 7) is 6.78. The van der Waals surface area contributed by atoms with Crippen LogP contribution in [0.25, 0.3) is 0 Å². The summed E-state index contributed by atoms with van der Waals surface area (Å²) in [6.07, 6.45) is 2.25. The van der Waals surface area contributed by atoms with Crippen LogP contribution >= 0.6 is 0 Å². The number of ether oxygens (including phenoxy) is 3. The van der Waals surface area contributed by atoms with E-state index in [1.807, 2.05) is 23.1 Å². The smallest absolute Gasteiger partial charge is 0.317 e. The number of morpholine rings is 1. The Morgan fingerprint density at radius 3 is 2.78 bits per heavy atom. The van der Waals surface area contributed by atoms with E-state index in [1.165, 1.54) is 6.42 Å². The summed E-state index contributed by atoms with van der Waals surface area (Å²) in [4.78, 5) is 17.1. The number of rotatable bonds is 6. The molecule has 0 saturated carbocycles. The first-order valence-corrected chi connectivity index (χ1v) is 9.73. The molecule has 7 nitrogen and oxygen atoms in total. The van der Waals surface area contributed by atoms with Gasteiger partial charge in [0.15, 0.2) is 0 Å². The van der Waals surface area contributed by atoms with E-state index in [9.17, 15) is 4.79 Å². The first-order chi connectivity index (χ1) is 13.2. The van der Waals surface area contributed by atoms with Crippen molar-refractivity contribution in [2.75, 3.05) is 60.2 Å². The Kier molecular flexibility index (Phi) is 7.18. The molecule has 0 aromatic heterocycles. The van der Waals surface area contributed by atoms with E-state index in [2.05, 4.69) is 10.2 Å². The predicted molar refractivity (Wildman–Crippen MR) is 103 cm³/mol. The molecule has 7 heteroatoms. The van der Waals surface area contributed by atoms with Crippen LogP contribution in [0.4, 0.5) is 4.79 Å². The molecule has 2 aliphatic rings. The first kappa shape index (κ1) is 19.8. The van der Waals surface area contributed by atoms with Crippen LogP contribution < -0.4 is 14.8 Å². The number of amides is 2.